The Kier molecular flexibility index (Phi) is 4.38. The third kappa shape index (κ3) is 3.65. The van der Waals surface area contributed by atoms with E-state index < -0.39 is 0 Å². The van der Waals surface area contributed by atoms with Crippen molar-refractivity contribution >= 4 is 17.4 Å². The van der Waals surface area contributed by atoms with E-state index >= 15 is 0 Å². The van der Waals surface area contributed by atoms with E-state index in [1.165, 1.54) is 5.56 Å². The fourth-order valence-corrected chi connectivity index (χ4v) is 2.99. The molecule has 4 heteroatoms. The van der Waals surface area contributed by atoms with Crippen molar-refractivity contribution in [3.63, 3.8) is 0 Å². The molecule has 1 aliphatic rings. The lowest BCUT2D eigenvalue weighted by atomic mass is 9.87. The van der Waals surface area contributed by atoms with Crippen molar-refractivity contribution in [2.24, 2.45) is 4.99 Å². The molecule has 1 aliphatic heterocycles. The van der Waals surface area contributed by atoms with E-state index in [4.69, 9.17) is 0 Å². The molecular formula is C20H23N3O. The van der Waals surface area contributed by atoms with Gasteiger partial charge < -0.3 is 10.6 Å². The molecule has 2 aromatic rings. The molecule has 1 heterocycles. The highest BCUT2D eigenvalue weighted by Gasteiger charge is 2.28. The standard InChI is InChI=1S/C20H23N3O/c1-14-8-4-7-11-17(14)22-18(24)13-21-19-16-10-6-5-9-15(16)12-20(2,3)23-19/h4-11H,12-13H2,1-3H3,(H,21,23)(H,22,24). The Labute approximate surface area is 143 Å². The second-order valence-corrected chi connectivity index (χ2v) is 6.87. The first-order chi connectivity index (χ1) is 11.4. The molecule has 1 amide bonds. The van der Waals surface area contributed by atoms with Gasteiger partial charge >= 0.3 is 0 Å². The number of nitrogens with one attached hydrogen (secondary N) is 2. The molecule has 0 aromatic heterocycles. The first-order valence-corrected chi connectivity index (χ1v) is 8.21. The van der Waals surface area contributed by atoms with Crippen LogP contribution in [-0.4, -0.2) is 23.8 Å². The summed E-state index contributed by atoms with van der Waals surface area (Å²) in [4.78, 5) is 16.8. The largest absolute Gasteiger partial charge is 0.365 e. The Balaban J connectivity index is 1.76. The molecule has 24 heavy (non-hydrogen) atoms. The van der Waals surface area contributed by atoms with Gasteiger partial charge in [-0.25, -0.2) is 0 Å². The van der Waals surface area contributed by atoms with Crippen LogP contribution < -0.4 is 10.6 Å². The predicted molar refractivity (Wildman–Crippen MR) is 98.6 cm³/mol. The predicted octanol–water partition coefficient (Wildman–Crippen LogP) is 3.30. The van der Waals surface area contributed by atoms with Crippen molar-refractivity contribution in [3.05, 3.63) is 65.2 Å². The zero-order chi connectivity index (χ0) is 17.2. The number of benzene rings is 2. The molecule has 0 radical (unpaired) electrons. The molecule has 0 bridgehead atoms. The minimum absolute atomic E-state index is 0.0698. The summed E-state index contributed by atoms with van der Waals surface area (Å²) in [5, 5.41) is 6.37. The zero-order valence-electron chi connectivity index (χ0n) is 14.4. The number of hydrogen-bond donors (Lipinski definition) is 2. The first-order valence-electron chi connectivity index (χ1n) is 8.21. The molecule has 4 nitrogen and oxygen atoms in total. The summed E-state index contributed by atoms with van der Waals surface area (Å²) >= 11 is 0. The number of amides is 1. The summed E-state index contributed by atoms with van der Waals surface area (Å²) in [6.45, 7) is 6.36. The summed E-state index contributed by atoms with van der Waals surface area (Å²) in [6.07, 6.45) is 0.942. The van der Waals surface area contributed by atoms with Gasteiger partial charge in [0.15, 0.2) is 0 Å². The quantitative estimate of drug-likeness (QED) is 0.911. The third-order valence-electron chi connectivity index (χ3n) is 4.16. The number of aryl methyl sites for hydroxylation is 1. The summed E-state index contributed by atoms with van der Waals surface area (Å²) in [5.41, 5.74) is 4.15. The number of hydrogen-bond acceptors (Lipinski definition) is 2. The van der Waals surface area contributed by atoms with Crippen molar-refractivity contribution in [1.82, 2.24) is 5.32 Å². The second-order valence-electron chi connectivity index (χ2n) is 6.87. The highest BCUT2D eigenvalue weighted by molar-refractivity contribution is 6.03. The van der Waals surface area contributed by atoms with Gasteiger partial charge in [0.1, 0.15) is 12.4 Å². The Bertz CT molecular complexity index is 793. The SMILES string of the molecule is Cc1ccccc1NC(=O)CN=C1NC(C)(C)Cc2ccccc21. The molecule has 0 saturated heterocycles. The smallest absolute Gasteiger partial charge is 0.246 e. The van der Waals surface area contributed by atoms with E-state index in [0.717, 1.165) is 29.1 Å². The van der Waals surface area contributed by atoms with E-state index in [0.29, 0.717) is 0 Å². The molecule has 0 spiro atoms. The molecule has 0 atom stereocenters. The van der Waals surface area contributed by atoms with Crippen LogP contribution in [-0.2, 0) is 11.2 Å². The number of amidine groups is 1. The van der Waals surface area contributed by atoms with Crippen LogP contribution in [0.1, 0.15) is 30.5 Å². The summed E-state index contributed by atoms with van der Waals surface area (Å²) in [7, 11) is 0. The van der Waals surface area contributed by atoms with Gasteiger partial charge in [0.25, 0.3) is 0 Å². The number of carbonyl (C=O) groups excluding carboxylic acids is 1. The lowest BCUT2D eigenvalue weighted by Gasteiger charge is -2.34. The third-order valence-corrected chi connectivity index (χ3v) is 4.16. The highest BCUT2D eigenvalue weighted by Crippen LogP contribution is 2.23. The van der Waals surface area contributed by atoms with Gasteiger partial charge in [0.2, 0.25) is 5.91 Å². The highest BCUT2D eigenvalue weighted by atomic mass is 16.1. The monoisotopic (exact) mass is 321 g/mol. The zero-order valence-corrected chi connectivity index (χ0v) is 14.4. The van der Waals surface area contributed by atoms with Gasteiger partial charge in [-0.15, -0.1) is 0 Å². The van der Waals surface area contributed by atoms with E-state index in [1.807, 2.05) is 43.3 Å². The average molecular weight is 321 g/mol. The van der Waals surface area contributed by atoms with Crippen LogP contribution in [0.5, 0.6) is 0 Å². The summed E-state index contributed by atoms with van der Waals surface area (Å²) in [5.74, 6) is 0.682. The molecule has 3 rings (SSSR count). The molecule has 124 valence electrons. The number of aliphatic imine (C=N–C) groups is 1. The Morgan fingerprint density at radius 1 is 1.17 bits per heavy atom. The normalized spacial score (nSPS) is 17.0. The number of para-hydroxylation sites is 1. The van der Waals surface area contributed by atoms with Gasteiger partial charge in [-0.3, -0.25) is 9.79 Å². The maximum absolute atomic E-state index is 12.2. The lowest BCUT2D eigenvalue weighted by molar-refractivity contribution is -0.114. The molecule has 0 unspecified atom stereocenters. The van der Waals surface area contributed by atoms with Crippen LogP contribution in [0.3, 0.4) is 0 Å². The van der Waals surface area contributed by atoms with Crippen molar-refractivity contribution in [2.45, 2.75) is 32.7 Å². The average Bonchev–Trinajstić information content (AvgIpc) is 2.54. The Morgan fingerprint density at radius 3 is 2.67 bits per heavy atom. The number of rotatable bonds is 3. The molecule has 0 saturated carbocycles. The fraction of sp³-hybridized carbons (Fsp3) is 0.300. The second kappa shape index (κ2) is 6.48. The number of carbonyl (C=O) groups is 1. The van der Waals surface area contributed by atoms with E-state index in [1.54, 1.807) is 0 Å². The van der Waals surface area contributed by atoms with Crippen LogP contribution in [0.2, 0.25) is 0 Å². The number of anilines is 1. The van der Waals surface area contributed by atoms with E-state index in [2.05, 4.69) is 41.6 Å². The van der Waals surface area contributed by atoms with Crippen molar-refractivity contribution in [1.29, 1.82) is 0 Å². The Morgan fingerprint density at radius 2 is 1.88 bits per heavy atom. The van der Waals surface area contributed by atoms with Crippen LogP contribution in [0.4, 0.5) is 5.69 Å². The number of nitrogens with zero attached hydrogens (tertiary/aromatic N) is 1. The minimum Gasteiger partial charge on any atom is -0.365 e. The van der Waals surface area contributed by atoms with Gasteiger partial charge in [-0.2, -0.15) is 0 Å². The topological polar surface area (TPSA) is 53.5 Å². The van der Waals surface area contributed by atoms with Crippen LogP contribution >= 0.6 is 0 Å². The maximum Gasteiger partial charge on any atom is 0.246 e. The molecule has 0 fully saturated rings. The Hall–Kier alpha value is -2.62. The summed E-state index contributed by atoms with van der Waals surface area (Å²) < 4.78 is 0. The summed E-state index contributed by atoms with van der Waals surface area (Å²) in [6, 6.07) is 16.0. The number of fused-ring (bicyclic) bond motifs is 1. The van der Waals surface area contributed by atoms with Gasteiger partial charge in [-0.1, -0.05) is 42.5 Å². The lowest BCUT2D eigenvalue weighted by Crippen LogP contribution is -2.49. The van der Waals surface area contributed by atoms with Crippen molar-refractivity contribution in [2.75, 3.05) is 11.9 Å². The molecular weight excluding hydrogens is 298 g/mol. The van der Waals surface area contributed by atoms with Gasteiger partial charge in [-0.05, 0) is 44.4 Å². The van der Waals surface area contributed by atoms with Crippen LogP contribution in [0.15, 0.2) is 53.5 Å². The van der Waals surface area contributed by atoms with Crippen LogP contribution in [0.25, 0.3) is 0 Å². The molecule has 0 aliphatic carbocycles. The van der Waals surface area contributed by atoms with E-state index in [-0.39, 0.29) is 18.0 Å². The van der Waals surface area contributed by atoms with Crippen molar-refractivity contribution in [3.8, 4) is 0 Å². The van der Waals surface area contributed by atoms with Crippen molar-refractivity contribution < 1.29 is 4.79 Å². The van der Waals surface area contributed by atoms with E-state index in [9.17, 15) is 4.79 Å². The minimum atomic E-state index is -0.112. The first kappa shape index (κ1) is 16.2. The van der Waals surface area contributed by atoms with Crippen LogP contribution in [0, 0.1) is 6.92 Å². The molecule has 2 N–H and O–H groups in total. The van der Waals surface area contributed by atoms with Gasteiger partial charge in [0.05, 0.1) is 0 Å². The molecule has 2 aromatic carbocycles. The fourth-order valence-electron chi connectivity index (χ4n) is 2.99. The van der Waals surface area contributed by atoms with Gasteiger partial charge in [0, 0.05) is 16.8 Å². The maximum atomic E-state index is 12.2.